The average Bonchev–Trinajstić information content (AvgIpc) is 2.82. The number of Topliss-reactive ketones (excluding diaryl/α,β-unsaturated/α-hetero) is 1. The number of carbonyl (C=O) groups is 2. The minimum absolute atomic E-state index is 0.141. The van der Waals surface area contributed by atoms with Crippen molar-refractivity contribution in [2.45, 2.75) is 30.2 Å². The molecule has 1 fully saturated rings. The van der Waals surface area contributed by atoms with Crippen molar-refractivity contribution < 1.29 is 22.7 Å². The molecule has 0 aliphatic carbocycles. The van der Waals surface area contributed by atoms with Gasteiger partial charge in [-0.3, -0.25) is 9.59 Å². The Morgan fingerprint density at radius 1 is 0.903 bits per heavy atom. The Morgan fingerprint density at radius 2 is 1.61 bits per heavy atom. The molecule has 0 N–H and O–H groups in total. The summed E-state index contributed by atoms with van der Waals surface area (Å²) in [7, 11) is -3.82. The highest BCUT2D eigenvalue weighted by Crippen LogP contribution is 2.26. The maximum Gasteiger partial charge on any atom is 0.324 e. The molecular formula is C24H23NO5S. The van der Waals surface area contributed by atoms with Crippen LogP contribution < -0.4 is 0 Å². The van der Waals surface area contributed by atoms with E-state index in [4.69, 9.17) is 4.74 Å². The van der Waals surface area contributed by atoms with Gasteiger partial charge in [0.05, 0.1) is 4.90 Å². The molecule has 0 bridgehead atoms. The van der Waals surface area contributed by atoms with E-state index in [0.29, 0.717) is 18.4 Å². The summed E-state index contributed by atoms with van der Waals surface area (Å²) in [6.07, 6.45) is 1.76. The third kappa shape index (κ3) is 4.52. The van der Waals surface area contributed by atoms with Crippen molar-refractivity contribution >= 4 is 32.5 Å². The number of fused-ring (bicyclic) bond motifs is 1. The molecule has 0 amide bonds. The Kier molecular flexibility index (Phi) is 6.15. The molecule has 0 saturated carbocycles. The van der Waals surface area contributed by atoms with Gasteiger partial charge in [0.25, 0.3) is 0 Å². The van der Waals surface area contributed by atoms with E-state index in [1.54, 1.807) is 30.3 Å². The van der Waals surface area contributed by atoms with Gasteiger partial charge in [-0.25, -0.2) is 8.42 Å². The van der Waals surface area contributed by atoms with Gasteiger partial charge in [0.2, 0.25) is 10.0 Å². The Morgan fingerprint density at radius 3 is 2.39 bits per heavy atom. The zero-order valence-corrected chi connectivity index (χ0v) is 17.8. The number of hydrogen-bond acceptors (Lipinski definition) is 5. The number of carbonyl (C=O) groups excluding carboxylic acids is 2. The van der Waals surface area contributed by atoms with Crippen LogP contribution in [0.15, 0.2) is 77.7 Å². The lowest BCUT2D eigenvalue weighted by molar-refractivity contribution is -0.148. The minimum atomic E-state index is -3.82. The highest BCUT2D eigenvalue weighted by Gasteiger charge is 2.38. The summed E-state index contributed by atoms with van der Waals surface area (Å²) in [6, 6.07) is 20.1. The first-order valence-corrected chi connectivity index (χ1v) is 11.7. The van der Waals surface area contributed by atoms with Crippen LogP contribution in [-0.4, -0.2) is 43.7 Å². The number of piperidine rings is 1. The van der Waals surface area contributed by atoms with Crippen LogP contribution in [0, 0.1) is 0 Å². The molecule has 7 heteroatoms. The molecule has 3 aromatic rings. The van der Waals surface area contributed by atoms with Crippen LogP contribution in [0.3, 0.4) is 0 Å². The molecule has 3 aromatic carbocycles. The largest absolute Gasteiger partial charge is 0.456 e. The molecule has 31 heavy (non-hydrogen) atoms. The van der Waals surface area contributed by atoms with Crippen LogP contribution in [0.5, 0.6) is 0 Å². The fraction of sp³-hybridized carbons (Fsp3) is 0.250. The topological polar surface area (TPSA) is 80.8 Å². The average molecular weight is 438 g/mol. The number of rotatable bonds is 6. The van der Waals surface area contributed by atoms with Crippen molar-refractivity contribution in [3.05, 3.63) is 78.4 Å². The summed E-state index contributed by atoms with van der Waals surface area (Å²) in [4.78, 5) is 25.5. The number of ether oxygens (including phenoxy) is 1. The van der Waals surface area contributed by atoms with Gasteiger partial charge in [-0.2, -0.15) is 4.31 Å². The van der Waals surface area contributed by atoms with Crippen molar-refractivity contribution in [2.24, 2.45) is 0 Å². The van der Waals surface area contributed by atoms with Crippen molar-refractivity contribution in [1.29, 1.82) is 0 Å². The van der Waals surface area contributed by atoms with E-state index in [1.807, 2.05) is 30.3 Å². The first-order chi connectivity index (χ1) is 15.0. The molecule has 4 rings (SSSR count). The van der Waals surface area contributed by atoms with Gasteiger partial charge in [0.1, 0.15) is 6.04 Å². The fourth-order valence-electron chi connectivity index (χ4n) is 3.84. The van der Waals surface area contributed by atoms with E-state index in [0.717, 1.165) is 17.2 Å². The molecule has 160 valence electrons. The summed E-state index contributed by atoms with van der Waals surface area (Å²) in [5, 5.41) is 1.94. The third-order valence-electron chi connectivity index (χ3n) is 5.49. The van der Waals surface area contributed by atoms with E-state index < -0.39 is 28.6 Å². The van der Waals surface area contributed by atoms with Crippen molar-refractivity contribution in [3.8, 4) is 0 Å². The highest BCUT2D eigenvalue weighted by atomic mass is 32.2. The highest BCUT2D eigenvalue weighted by molar-refractivity contribution is 7.89. The number of nitrogens with zero attached hydrogens (tertiary/aromatic N) is 1. The zero-order valence-electron chi connectivity index (χ0n) is 16.9. The van der Waals surface area contributed by atoms with Gasteiger partial charge in [-0.15, -0.1) is 0 Å². The summed E-state index contributed by atoms with van der Waals surface area (Å²) in [5.74, 6) is -1.01. The lowest BCUT2D eigenvalue weighted by Gasteiger charge is -2.32. The lowest BCUT2D eigenvalue weighted by atomic mass is 10.0. The second-order valence-electron chi connectivity index (χ2n) is 7.53. The summed E-state index contributed by atoms with van der Waals surface area (Å²) in [5.41, 5.74) is 0.448. The first-order valence-electron chi connectivity index (χ1n) is 10.2. The second kappa shape index (κ2) is 8.99. The summed E-state index contributed by atoms with van der Waals surface area (Å²) in [6.45, 7) is -0.178. The molecule has 1 atom stereocenters. The normalized spacial score (nSPS) is 17.4. The van der Waals surface area contributed by atoms with Crippen LogP contribution in [0.4, 0.5) is 0 Å². The van der Waals surface area contributed by atoms with Gasteiger partial charge < -0.3 is 4.74 Å². The van der Waals surface area contributed by atoms with Crippen LogP contribution in [-0.2, 0) is 19.6 Å². The van der Waals surface area contributed by atoms with E-state index in [1.165, 1.54) is 16.4 Å². The Bertz CT molecular complexity index is 1210. The predicted molar refractivity (Wildman–Crippen MR) is 117 cm³/mol. The Labute approximate surface area is 181 Å². The van der Waals surface area contributed by atoms with Gasteiger partial charge in [0.15, 0.2) is 12.4 Å². The third-order valence-corrected chi connectivity index (χ3v) is 7.41. The van der Waals surface area contributed by atoms with E-state index in [9.17, 15) is 18.0 Å². The van der Waals surface area contributed by atoms with E-state index >= 15 is 0 Å². The first kappa shape index (κ1) is 21.2. The number of esters is 1. The minimum Gasteiger partial charge on any atom is -0.456 e. The summed E-state index contributed by atoms with van der Waals surface area (Å²) < 4.78 is 32.6. The van der Waals surface area contributed by atoms with Gasteiger partial charge >= 0.3 is 5.97 Å². The molecule has 6 nitrogen and oxygen atoms in total. The van der Waals surface area contributed by atoms with Crippen molar-refractivity contribution in [2.75, 3.05) is 13.2 Å². The quantitative estimate of drug-likeness (QED) is 0.433. The zero-order chi connectivity index (χ0) is 21.8. The number of benzene rings is 3. The lowest BCUT2D eigenvalue weighted by Crippen LogP contribution is -2.48. The predicted octanol–water partition coefficient (Wildman–Crippen LogP) is 3.81. The molecule has 0 aromatic heterocycles. The van der Waals surface area contributed by atoms with E-state index in [2.05, 4.69) is 0 Å². The van der Waals surface area contributed by atoms with Gasteiger partial charge in [-0.05, 0) is 48.2 Å². The van der Waals surface area contributed by atoms with Gasteiger partial charge in [0, 0.05) is 12.1 Å². The summed E-state index contributed by atoms with van der Waals surface area (Å²) >= 11 is 0. The maximum atomic E-state index is 13.0. The molecule has 0 radical (unpaired) electrons. The fourth-order valence-corrected chi connectivity index (χ4v) is 5.50. The smallest absolute Gasteiger partial charge is 0.324 e. The Balaban J connectivity index is 1.46. The standard InChI is InChI=1S/C24H23NO5S/c26-23(20-14-13-18-8-4-5-9-19(18)16-20)17-30-24(27)22-12-6-7-15-25(22)31(28,29)21-10-2-1-3-11-21/h1-5,8-11,13-14,16,22H,6-7,12,15,17H2. The number of ketones is 1. The van der Waals surface area contributed by atoms with Crippen LogP contribution in [0.1, 0.15) is 29.6 Å². The SMILES string of the molecule is O=C(COC(=O)C1CCCCN1S(=O)(=O)c1ccccc1)c1ccc2ccccc2c1. The van der Waals surface area contributed by atoms with Crippen LogP contribution >= 0.6 is 0 Å². The molecule has 1 saturated heterocycles. The maximum absolute atomic E-state index is 13.0. The number of sulfonamides is 1. The molecule has 1 unspecified atom stereocenters. The molecule has 1 heterocycles. The Hall–Kier alpha value is -3.03. The second-order valence-corrected chi connectivity index (χ2v) is 9.42. The van der Waals surface area contributed by atoms with Crippen LogP contribution in [0.25, 0.3) is 10.8 Å². The van der Waals surface area contributed by atoms with E-state index in [-0.39, 0.29) is 17.2 Å². The molecule has 1 aliphatic rings. The molecule has 0 spiro atoms. The van der Waals surface area contributed by atoms with Crippen molar-refractivity contribution in [3.63, 3.8) is 0 Å². The molecule has 1 aliphatic heterocycles. The van der Waals surface area contributed by atoms with Crippen molar-refractivity contribution in [1.82, 2.24) is 4.31 Å². The number of hydrogen-bond donors (Lipinski definition) is 0. The molecular weight excluding hydrogens is 414 g/mol. The van der Waals surface area contributed by atoms with Crippen LogP contribution in [0.2, 0.25) is 0 Å². The van der Waals surface area contributed by atoms with Gasteiger partial charge in [-0.1, -0.05) is 54.6 Å². The monoisotopic (exact) mass is 437 g/mol.